The molecule has 5 nitrogen and oxygen atoms in total. The summed E-state index contributed by atoms with van der Waals surface area (Å²) in [4.78, 5) is 10.7. The van der Waals surface area contributed by atoms with Gasteiger partial charge in [-0.15, -0.1) is 0 Å². The summed E-state index contributed by atoms with van der Waals surface area (Å²) >= 11 is 0. The molecule has 0 atom stereocenters. The first kappa shape index (κ1) is 11.1. The molecule has 0 fully saturated rings. The molecule has 0 aliphatic rings. The van der Waals surface area contributed by atoms with Crippen molar-refractivity contribution in [2.75, 3.05) is 0 Å². The topological polar surface area (TPSA) is 80.7 Å². The van der Waals surface area contributed by atoms with Gasteiger partial charge in [-0.1, -0.05) is 13.0 Å². The maximum absolute atomic E-state index is 10.7. The number of rotatable bonds is 3. The highest BCUT2D eigenvalue weighted by molar-refractivity contribution is 7.81. The predicted octanol–water partition coefficient (Wildman–Crippen LogP) is 0.689. The van der Waals surface area contributed by atoms with Crippen molar-refractivity contribution in [1.82, 2.24) is 0 Å². The summed E-state index contributed by atoms with van der Waals surface area (Å²) in [6, 6.07) is 0. The first-order valence-corrected chi connectivity index (χ1v) is 4.61. The summed E-state index contributed by atoms with van der Waals surface area (Å²) in [5, 5.41) is 0. The van der Waals surface area contributed by atoms with Crippen LogP contribution in [0.2, 0.25) is 0 Å². The predicted molar refractivity (Wildman–Crippen MR) is 41.7 cm³/mol. The average molecular weight is 194 g/mol. The van der Waals surface area contributed by atoms with Crippen molar-refractivity contribution in [2.24, 2.45) is 0 Å². The monoisotopic (exact) mass is 194 g/mol. The number of carbonyl (C=O) groups is 1. The van der Waals surface area contributed by atoms with Crippen molar-refractivity contribution in [3.63, 3.8) is 0 Å². The van der Waals surface area contributed by atoms with E-state index in [1.165, 1.54) is 13.0 Å². The van der Waals surface area contributed by atoms with Gasteiger partial charge in [0.25, 0.3) is 0 Å². The van der Waals surface area contributed by atoms with E-state index in [1.54, 1.807) is 6.92 Å². The lowest BCUT2D eigenvalue weighted by molar-refractivity contribution is -0.130. The summed E-state index contributed by atoms with van der Waals surface area (Å²) in [5.74, 6) is -1.06. The molecule has 70 valence electrons. The van der Waals surface area contributed by atoms with Crippen molar-refractivity contribution in [1.29, 1.82) is 0 Å². The van der Waals surface area contributed by atoms with Gasteiger partial charge in [-0.05, 0) is 13.3 Å². The first-order chi connectivity index (χ1) is 5.37. The molecule has 0 saturated carbocycles. The van der Waals surface area contributed by atoms with E-state index in [9.17, 15) is 13.2 Å². The van der Waals surface area contributed by atoms with E-state index in [0.29, 0.717) is 6.42 Å². The van der Waals surface area contributed by atoms with Crippen LogP contribution in [0.25, 0.3) is 0 Å². The molecule has 1 N–H and O–H groups in total. The molecule has 0 aromatic carbocycles. The molecular weight excluding hydrogens is 184 g/mol. The minimum Gasteiger partial charge on any atom is -0.321 e. The Balaban J connectivity index is 4.35. The van der Waals surface area contributed by atoms with Crippen LogP contribution >= 0.6 is 0 Å². The lowest BCUT2D eigenvalue weighted by Crippen LogP contribution is -2.12. The zero-order valence-corrected chi connectivity index (χ0v) is 7.59. The molecule has 0 unspecified atom stereocenters. The van der Waals surface area contributed by atoms with E-state index in [1.807, 2.05) is 0 Å². The second-order valence-electron chi connectivity index (χ2n) is 2.09. The van der Waals surface area contributed by atoms with Gasteiger partial charge < -0.3 is 4.18 Å². The van der Waals surface area contributed by atoms with Crippen LogP contribution in [-0.2, 0) is 19.4 Å². The third-order valence-corrected chi connectivity index (χ3v) is 1.38. The molecule has 0 aliphatic heterocycles. The third-order valence-electron chi connectivity index (χ3n) is 1.01. The Hall–Kier alpha value is -0.880. The van der Waals surface area contributed by atoms with Gasteiger partial charge in [0.15, 0.2) is 0 Å². The van der Waals surface area contributed by atoms with Gasteiger partial charge in [-0.25, -0.2) is 4.79 Å². The molecule has 0 amide bonds. The molecule has 6 heteroatoms. The Morgan fingerprint density at radius 1 is 1.58 bits per heavy atom. The highest BCUT2D eigenvalue weighted by Crippen LogP contribution is 2.00. The van der Waals surface area contributed by atoms with Crippen molar-refractivity contribution in [3.8, 4) is 0 Å². The number of carbonyl (C=O) groups excluding carboxylic acids is 1. The Kier molecular flexibility index (Phi) is 3.91. The van der Waals surface area contributed by atoms with Crippen LogP contribution in [0, 0.1) is 0 Å². The van der Waals surface area contributed by atoms with Crippen LogP contribution in [-0.4, -0.2) is 18.9 Å². The summed E-state index contributed by atoms with van der Waals surface area (Å²) in [5.41, 5.74) is 0.148. The fourth-order valence-electron chi connectivity index (χ4n) is 0.551. The quantitative estimate of drug-likeness (QED) is 0.528. The normalized spacial score (nSPS) is 12.8. The van der Waals surface area contributed by atoms with Crippen LogP contribution in [0.1, 0.15) is 20.3 Å². The van der Waals surface area contributed by atoms with Gasteiger partial charge in [-0.3, -0.25) is 4.55 Å². The number of allylic oxidation sites excluding steroid dienone is 1. The van der Waals surface area contributed by atoms with E-state index >= 15 is 0 Å². The second kappa shape index (κ2) is 4.22. The fourth-order valence-corrected chi connectivity index (χ4v) is 0.874. The van der Waals surface area contributed by atoms with E-state index < -0.39 is 16.4 Å². The van der Waals surface area contributed by atoms with Crippen molar-refractivity contribution < 1.29 is 21.9 Å². The van der Waals surface area contributed by atoms with Gasteiger partial charge >= 0.3 is 16.4 Å². The Morgan fingerprint density at radius 2 is 2.08 bits per heavy atom. The highest BCUT2D eigenvalue weighted by Gasteiger charge is 2.13. The molecule has 0 rings (SSSR count). The van der Waals surface area contributed by atoms with Crippen LogP contribution in [0.3, 0.4) is 0 Å². The van der Waals surface area contributed by atoms with Crippen molar-refractivity contribution in [3.05, 3.63) is 11.6 Å². The second-order valence-corrected chi connectivity index (χ2v) is 3.12. The van der Waals surface area contributed by atoms with E-state index in [4.69, 9.17) is 4.55 Å². The van der Waals surface area contributed by atoms with Crippen molar-refractivity contribution >= 4 is 16.4 Å². The van der Waals surface area contributed by atoms with E-state index in [0.717, 1.165) is 0 Å². The number of hydrogen-bond donors (Lipinski definition) is 1. The van der Waals surface area contributed by atoms with Gasteiger partial charge in [0, 0.05) is 5.57 Å². The molecule has 0 bridgehead atoms. The SMILES string of the molecule is CC/C=C(\C)C(=O)OS(=O)(=O)O. The van der Waals surface area contributed by atoms with Crippen LogP contribution in [0.5, 0.6) is 0 Å². The Morgan fingerprint density at radius 3 is 2.42 bits per heavy atom. The molecule has 0 radical (unpaired) electrons. The maximum Gasteiger partial charge on any atom is 0.449 e. The largest absolute Gasteiger partial charge is 0.449 e. The molecular formula is C6H10O5S. The van der Waals surface area contributed by atoms with Crippen LogP contribution < -0.4 is 0 Å². The summed E-state index contributed by atoms with van der Waals surface area (Å²) in [7, 11) is -4.68. The summed E-state index contributed by atoms with van der Waals surface area (Å²) in [6.45, 7) is 3.18. The van der Waals surface area contributed by atoms with Crippen molar-refractivity contribution in [2.45, 2.75) is 20.3 Å². The Labute approximate surface area is 71.0 Å². The molecule has 0 aromatic rings. The lowest BCUT2D eigenvalue weighted by atomic mass is 10.2. The van der Waals surface area contributed by atoms with E-state index in [-0.39, 0.29) is 5.57 Å². The smallest absolute Gasteiger partial charge is 0.321 e. The van der Waals surface area contributed by atoms with Gasteiger partial charge in [-0.2, -0.15) is 8.42 Å². The zero-order chi connectivity index (χ0) is 9.78. The molecule has 0 aromatic heterocycles. The van der Waals surface area contributed by atoms with Gasteiger partial charge in [0.1, 0.15) is 0 Å². The van der Waals surface area contributed by atoms with Gasteiger partial charge in [0.05, 0.1) is 0 Å². The molecule has 0 aliphatic carbocycles. The van der Waals surface area contributed by atoms with Crippen LogP contribution in [0.15, 0.2) is 11.6 Å². The molecule has 0 spiro atoms. The average Bonchev–Trinajstić information content (AvgIpc) is 1.84. The third kappa shape index (κ3) is 4.86. The minimum absolute atomic E-state index is 0.148. The van der Waals surface area contributed by atoms with Gasteiger partial charge in [0.2, 0.25) is 0 Å². The lowest BCUT2D eigenvalue weighted by Gasteiger charge is -1.98. The highest BCUT2D eigenvalue weighted by atomic mass is 32.3. The molecule has 0 saturated heterocycles. The Bertz CT molecular complexity index is 287. The number of hydrogen-bond acceptors (Lipinski definition) is 4. The standard InChI is InChI=1S/C6H10O5S/c1-3-4-5(2)6(7)11-12(8,9)10/h4H,3H2,1-2H3,(H,8,9,10)/b5-4+. The van der Waals surface area contributed by atoms with E-state index in [2.05, 4.69) is 4.18 Å². The first-order valence-electron chi connectivity index (χ1n) is 3.24. The van der Waals surface area contributed by atoms with Crippen LogP contribution in [0.4, 0.5) is 0 Å². The minimum atomic E-state index is -4.68. The maximum atomic E-state index is 10.7. The zero-order valence-electron chi connectivity index (χ0n) is 6.77. The summed E-state index contributed by atoms with van der Waals surface area (Å²) in [6.07, 6.45) is 2.08. The summed E-state index contributed by atoms with van der Waals surface area (Å²) < 4.78 is 31.9. The fraction of sp³-hybridized carbons (Fsp3) is 0.500. The molecule has 12 heavy (non-hydrogen) atoms. The molecule has 0 heterocycles.